The molecule has 0 aliphatic rings. The summed E-state index contributed by atoms with van der Waals surface area (Å²) in [6.45, 7) is 8.26. The number of aliphatic hydroxyl groups excluding tert-OH is 1. The van der Waals surface area contributed by atoms with Crippen molar-refractivity contribution >= 4 is 0 Å². The molecule has 2 nitrogen and oxygen atoms in total. The van der Waals surface area contributed by atoms with Crippen LogP contribution in [0, 0.1) is 0 Å². The lowest BCUT2D eigenvalue weighted by atomic mass is 10.4. The molecule has 0 aromatic heterocycles. The molecule has 1 unspecified atom stereocenters. The summed E-state index contributed by atoms with van der Waals surface area (Å²) >= 11 is 0. The van der Waals surface area contributed by atoms with Gasteiger partial charge in [-0.15, -0.1) is 0 Å². The van der Waals surface area contributed by atoms with Crippen molar-refractivity contribution in [3.8, 4) is 0 Å². The average molecular weight is 114 g/mol. The number of rotatable bonds is 3. The summed E-state index contributed by atoms with van der Waals surface area (Å²) in [5.74, 6) is 0.319. The van der Waals surface area contributed by atoms with E-state index in [9.17, 15) is 0 Å². The second-order valence-electron chi connectivity index (χ2n) is 1.43. The molecule has 0 spiro atoms. The van der Waals surface area contributed by atoms with Crippen LogP contribution in [0.25, 0.3) is 0 Å². The Morgan fingerprint density at radius 3 is 2.50 bits per heavy atom. The quantitative estimate of drug-likeness (QED) is 0.555. The molecular formula is C6H10O2. The van der Waals surface area contributed by atoms with Gasteiger partial charge in [0.25, 0.3) is 0 Å². The Bertz CT molecular complexity index is 94.7. The first-order valence-corrected chi connectivity index (χ1v) is 2.33. The van der Waals surface area contributed by atoms with Gasteiger partial charge in [0.05, 0.1) is 6.26 Å². The van der Waals surface area contributed by atoms with Crippen LogP contribution in [-0.4, -0.2) is 11.2 Å². The summed E-state index contributed by atoms with van der Waals surface area (Å²) < 4.78 is 4.62. The second-order valence-corrected chi connectivity index (χ2v) is 1.43. The van der Waals surface area contributed by atoms with E-state index in [1.54, 1.807) is 6.92 Å². The Morgan fingerprint density at radius 1 is 1.88 bits per heavy atom. The molecule has 2 heteroatoms. The van der Waals surface area contributed by atoms with Crippen molar-refractivity contribution in [2.75, 3.05) is 0 Å². The maximum Gasteiger partial charge on any atom is 0.124 e. The first-order chi connectivity index (χ1) is 3.68. The minimum Gasteiger partial charge on any atom is -0.468 e. The van der Waals surface area contributed by atoms with Crippen LogP contribution < -0.4 is 0 Å². The molecular weight excluding hydrogens is 104 g/mol. The fraction of sp³-hybridized carbons (Fsp3) is 0.333. The first kappa shape index (κ1) is 7.24. The number of aliphatic hydroxyl groups is 1. The zero-order chi connectivity index (χ0) is 6.57. The van der Waals surface area contributed by atoms with E-state index in [0.29, 0.717) is 5.76 Å². The van der Waals surface area contributed by atoms with Gasteiger partial charge in [0.15, 0.2) is 0 Å². The van der Waals surface area contributed by atoms with Crippen LogP contribution in [-0.2, 0) is 4.74 Å². The molecule has 8 heavy (non-hydrogen) atoms. The third-order valence-corrected chi connectivity index (χ3v) is 0.701. The zero-order valence-corrected chi connectivity index (χ0v) is 4.92. The van der Waals surface area contributed by atoms with Crippen molar-refractivity contribution in [2.24, 2.45) is 0 Å². The topological polar surface area (TPSA) is 29.5 Å². The van der Waals surface area contributed by atoms with Gasteiger partial charge < -0.3 is 9.84 Å². The van der Waals surface area contributed by atoms with Gasteiger partial charge in [-0.25, -0.2) is 0 Å². The van der Waals surface area contributed by atoms with Crippen LogP contribution in [0.2, 0.25) is 0 Å². The largest absolute Gasteiger partial charge is 0.468 e. The van der Waals surface area contributed by atoms with Crippen LogP contribution in [0.4, 0.5) is 0 Å². The van der Waals surface area contributed by atoms with Gasteiger partial charge in [-0.3, -0.25) is 0 Å². The van der Waals surface area contributed by atoms with Gasteiger partial charge in [0.2, 0.25) is 0 Å². The predicted molar refractivity (Wildman–Crippen MR) is 32.1 cm³/mol. The maximum atomic E-state index is 8.68. The molecule has 46 valence electrons. The molecule has 0 saturated heterocycles. The monoisotopic (exact) mass is 114 g/mol. The Kier molecular flexibility index (Phi) is 2.96. The highest BCUT2D eigenvalue weighted by atomic mass is 16.5. The highest BCUT2D eigenvalue weighted by molar-refractivity contribution is 4.90. The molecule has 0 saturated carbocycles. The Labute approximate surface area is 49.1 Å². The SMILES string of the molecule is C=COC(=C)C(C)O. The maximum absolute atomic E-state index is 8.68. The van der Waals surface area contributed by atoms with Crippen LogP contribution >= 0.6 is 0 Å². The molecule has 0 rings (SSSR count). The van der Waals surface area contributed by atoms with Crippen molar-refractivity contribution in [3.63, 3.8) is 0 Å². The lowest BCUT2D eigenvalue weighted by Gasteiger charge is -2.04. The molecule has 1 atom stereocenters. The van der Waals surface area contributed by atoms with E-state index in [4.69, 9.17) is 5.11 Å². The lowest BCUT2D eigenvalue weighted by molar-refractivity contribution is 0.161. The molecule has 0 aromatic carbocycles. The molecule has 0 heterocycles. The number of ether oxygens (including phenoxy) is 1. The Hall–Kier alpha value is -0.760. The number of hydrogen-bond donors (Lipinski definition) is 1. The van der Waals surface area contributed by atoms with E-state index in [-0.39, 0.29) is 0 Å². The van der Waals surface area contributed by atoms with Crippen molar-refractivity contribution < 1.29 is 9.84 Å². The van der Waals surface area contributed by atoms with Gasteiger partial charge in [0, 0.05) is 0 Å². The lowest BCUT2D eigenvalue weighted by Crippen LogP contribution is -2.03. The van der Waals surface area contributed by atoms with Gasteiger partial charge >= 0.3 is 0 Å². The minimum atomic E-state index is -0.618. The highest BCUT2D eigenvalue weighted by Crippen LogP contribution is 1.98. The van der Waals surface area contributed by atoms with E-state index in [1.807, 2.05) is 0 Å². The second kappa shape index (κ2) is 3.27. The molecule has 0 amide bonds. The van der Waals surface area contributed by atoms with Gasteiger partial charge in [-0.05, 0) is 6.92 Å². The van der Waals surface area contributed by atoms with Gasteiger partial charge in [-0.1, -0.05) is 13.2 Å². The van der Waals surface area contributed by atoms with Crippen LogP contribution in [0.5, 0.6) is 0 Å². The molecule has 1 N–H and O–H groups in total. The summed E-state index contributed by atoms with van der Waals surface area (Å²) in [6, 6.07) is 0. The summed E-state index contributed by atoms with van der Waals surface area (Å²) in [5, 5.41) is 8.68. The predicted octanol–water partition coefficient (Wildman–Crippen LogP) is 1.04. The molecule has 0 aliphatic heterocycles. The third kappa shape index (κ3) is 2.42. The van der Waals surface area contributed by atoms with E-state index < -0.39 is 6.10 Å². The standard InChI is InChI=1S/C6H10O2/c1-4-8-6(3)5(2)7/h4-5,7H,1,3H2,2H3. The molecule has 0 aliphatic carbocycles. The van der Waals surface area contributed by atoms with Crippen LogP contribution in [0.1, 0.15) is 6.92 Å². The van der Waals surface area contributed by atoms with Crippen molar-refractivity contribution in [3.05, 3.63) is 25.2 Å². The summed E-state index contributed by atoms with van der Waals surface area (Å²) in [5.41, 5.74) is 0. The van der Waals surface area contributed by atoms with Crippen molar-refractivity contribution in [1.82, 2.24) is 0 Å². The zero-order valence-electron chi connectivity index (χ0n) is 4.92. The summed E-state index contributed by atoms with van der Waals surface area (Å²) in [4.78, 5) is 0. The summed E-state index contributed by atoms with van der Waals surface area (Å²) in [6.07, 6.45) is 0.614. The molecule has 0 radical (unpaired) electrons. The van der Waals surface area contributed by atoms with E-state index in [1.165, 1.54) is 6.26 Å². The smallest absolute Gasteiger partial charge is 0.124 e. The van der Waals surface area contributed by atoms with Crippen molar-refractivity contribution in [2.45, 2.75) is 13.0 Å². The first-order valence-electron chi connectivity index (χ1n) is 2.33. The Morgan fingerprint density at radius 2 is 2.38 bits per heavy atom. The normalized spacial score (nSPS) is 12.2. The van der Waals surface area contributed by atoms with E-state index >= 15 is 0 Å². The van der Waals surface area contributed by atoms with Crippen LogP contribution in [0.3, 0.4) is 0 Å². The molecule has 0 fully saturated rings. The van der Waals surface area contributed by atoms with E-state index in [2.05, 4.69) is 17.9 Å². The van der Waals surface area contributed by atoms with Gasteiger partial charge in [-0.2, -0.15) is 0 Å². The van der Waals surface area contributed by atoms with Crippen LogP contribution in [0.15, 0.2) is 25.2 Å². The Balaban J connectivity index is 3.48. The third-order valence-electron chi connectivity index (χ3n) is 0.701. The van der Waals surface area contributed by atoms with Gasteiger partial charge in [0.1, 0.15) is 11.9 Å². The minimum absolute atomic E-state index is 0.319. The van der Waals surface area contributed by atoms with E-state index in [0.717, 1.165) is 0 Å². The average Bonchev–Trinajstić information content (AvgIpc) is 1.67. The number of hydrogen-bond acceptors (Lipinski definition) is 2. The molecule has 0 bridgehead atoms. The van der Waals surface area contributed by atoms with Crippen molar-refractivity contribution in [1.29, 1.82) is 0 Å². The molecule has 0 aromatic rings. The highest BCUT2D eigenvalue weighted by Gasteiger charge is 1.98. The fourth-order valence-electron chi connectivity index (χ4n) is 0.206. The summed E-state index contributed by atoms with van der Waals surface area (Å²) in [7, 11) is 0. The fourth-order valence-corrected chi connectivity index (χ4v) is 0.206.